The zero-order chi connectivity index (χ0) is 14.7. The van der Waals surface area contributed by atoms with Gasteiger partial charge in [0.05, 0.1) is 23.5 Å². The second-order valence-electron chi connectivity index (χ2n) is 4.87. The van der Waals surface area contributed by atoms with Gasteiger partial charge < -0.3 is 5.32 Å². The smallest absolute Gasteiger partial charge is 0.226 e. The first-order chi connectivity index (χ1) is 9.49. The van der Waals surface area contributed by atoms with Crippen molar-refractivity contribution >= 4 is 23.2 Å². The SMILES string of the molecule is Cc1cccc(C)c1NC(=O)CCn1ncc(Cl)c1C. The van der Waals surface area contributed by atoms with Crippen molar-refractivity contribution in [2.75, 3.05) is 5.32 Å². The standard InChI is InChI=1S/C15H18ClN3O/c1-10-5-4-6-11(2)15(10)18-14(20)7-8-19-12(3)13(16)9-17-19/h4-6,9H,7-8H2,1-3H3,(H,18,20). The van der Waals surface area contributed by atoms with E-state index in [1.807, 2.05) is 39.0 Å². The van der Waals surface area contributed by atoms with Crippen molar-refractivity contribution in [1.82, 2.24) is 9.78 Å². The maximum Gasteiger partial charge on any atom is 0.226 e. The number of benzene rings is 1. The summed E-state index contributed by atoms with van der Waals surface area (Å²) in [5, 5.41) is 7.72. The number of anilines is 1. The predicted octanol–water partition coefficient (Wildman–Crippen LogP) is 3.49. The van der Waals surface area contributed by atoms with Crippen LogP contribution < -0.4 is 5.32 Å². The van der Waals surface area contributed by atoms with Crippen LogP contribution in [0.5, 0.6) is 0 Å². The second-order valence-corrected chi connectivity index (χ2v) is 5.27. The van der Waals surface area contributed by atoms with E-state index in [-0.39, 0.29) is 5.91 Å². The second kappa shape index (κ2) is 6.09. The van der Waals surface area contributed by atoms with E-state index < -0.39 is 0 Å². The molecule has 0 saturated heterocycles. The Morgan fingerprint density at radius 1 is 1.30 bits per heavy atom. The Kier molecular flexibility index (Phi) is 4.45. The lowest BCUT2D eigenvalue weighted by Gasteiger charge is -2.11. The summed E-state index contributed by atoms with van der Waals surface area (Å²) in [4.78, 5) is 12.0. The molecule has 0 aliphatic carbocycles. The lowest BCUT2D eigenvalue weighted by Crippen LogP contribution is -2.16. The Morgan fingerprint density at radius 3 is 2.50 bits per heavy atom. The normalized spacial score (nSPS) is 10.6. The summed E-state index contributed by atoms with van der Waals surface area (Å²) in [5.41, 5.74) is 3.91. The van der Waals surface area contributed by atoms with Gasteiger partial charge in [0.2, 0.25) is 5.91 Å². The molecule has 4 nitrogen and oxygen atoms in total. The number of para-hydroxylation sites is 1. The Balaban J connectivity index is 1.98. The van der Waals surface area contributed by atoms with Crippen LogP contribution in [0.4, 0.5) is 5.69 Å². The van der Waals surface area contributed by atoms with Gasteiger partial charge in [0.25, 0.3) is 0 Å². The number of nitrogens with zero attached hydrogens (tertiary/aromatic N) is 2. The molecule has 1 heterocycles. The molecule has 1 aromatic carbocycles. The van der Waals surface area contributed by atoms with Gasteiger partial charge in [-0.25, -0.2) is 0 Å². The van der Waals surface area contributed by atoms with Crippen molar-refractivity contribution in [2.24, 2.45) is 0 Å². The molecule has 2 aromatic rings. The number of amides is 1. The highest BCUT2D eigenvalue weighted by Crippen LogP contribution is 2.19. The highest BCUT2D eigenvalue weighted by atomic mass is 35.5. The van der Waals surface area contributed by atoms with E-state index in [1.165, 1.54) is 0 Å². The number of rotatable bonds is 4. The van der Waals surface area contributed by atoms with Gasteiger partial charge in [0, 0.05) is 12.1 Å². The number of aryl methyl sites for hydroxylation is 3. The number of hydrogen-bond donors (Lipinski definition) is 1. The molecule has 0 radical (unpaired) electrons. The molecule has 0 spiro atoms. The average molecular weight is 292 g/mol. The molecule has 0 atom stereocenters. The number of carbonyl (C=O) groups excluding carboxylic acids is 1. The first kappa shape index (κ1) is 14.6. The number of hydrogen-bond acceptors (Lipinski definition) is 2. The van der Waals surface area contributed by atoms with Crippen molar-refractivity contribution in [3.63, 3.8) is 0 Å². The first-order valence-corrected chi connectivity index (χ1v) is 6.91. The summed E-state index contributed by atoms with van der Waals surface area (Å²) >= 11 is 5.93. The topological polar surface area (TPSA) is 46.9 Å². The van der Waals surface area contributed by atoms with Crippen LogP contribution >= 0.6 is 11.6 Å². The third-order valence-corrected chi connectivity index (χ3v) is 3.71. The molecule has 106 valence electrons. The summed E-state index contributed by atoms with van der Waals surface area (Å²) in [6.45, 7) is 6.38. The molecular weight excluding hydrogens is 274 g/mol. The molecule has 1 N–H and O–H groups in total. The Morgan fingerprint density at radius 2 is 1.95 bits per heavy atom. The van der Waals surface area contributed by atoms with Crippen LogP contribution in [-0.4, -0.2) is 15.7 Å². The van der Waals surface area contributed by atoms with Crippen LogP contribution in [-0.2, 0) is 11.3 Å². The van der Waals surface area contributed by atoms with Gasteiger partial charge in [-0.15, -0.1) is 0 Å². The summed E-state index contributed by atoms with van der Waals surface area (Å²) < 4.78 is 1.74. The Labute approximate surface area is 123 Å². The lowest BCUT2D eigenvalue weighted by molar-refractivity contribution is -0.116. The van der Waals surface area contributed by atoms with Crippen molar-refractivity contribution in [3.8, 4) is 0 Å². The highest BCUT2D eigenvalue weighted by Gasteiger charge is 2.09. The quantitative estimate of drug-likeness (QED) is 0.937. The van der Waals surface area contributed by atoms with Crippen molar-refractivity contribution < 1.29 is 4.79 Å². The minimum atomic E-state index is -0.0200. The molecule has 1 aromatic heterocycles. The number of carbonyl (C=O) groups is 1. The molecule has 5 heteroatoms. The zero-order valence-electron chi connectivity index (χ0n) is 11.9. The van der Waals surface area contributed by atoms with Gasteiger partial charge in [0.15, 0.2) is 0 Å². The largest absolute Gasteiger partial charge is 0.326 e. The fourth-order valence-electron chi connectivity index (χ4n) is 2.07. The molecule has 20 heavy (non-hydrogen) atoms. The van der Waals surface area contributed by atoms with Crippen molar-refractivity contribution in [1.29, 1.82) is 0 Å². The zero-order valence-corrected chi connectivity index (χ0v) is 12.7. The van der Waals surface area contributed by atoms with E-state index in [0.717, 1.165) is 22.5 Å². The summed E-state index contributed by atoms with van der Waals surface area (Å²) in [6, 6.07) is 5.95. The van der Waals surface area contributed by atoms with Gasteiger partial charge in [0.1, 0.15) is 0 Å². The van der Waals surface area contributed by atoms with Gasteiger partial charge in [-0.1, -0.05) is 29.8 Å². The van der Waals surface area contributed by atoms with E-state index >= 15 is 0 Å². The Bertz CT molecular complexity index is 614. The maximum atomic E-state index is 12.0. The molecular formula is C15H18ClN3O. The van der Waals surface area contributed by atoms with E-state index in [1.54, 1.807) is 10.9 Å². The molecule has 0 saturated carbocycles. The minimum Gasteiger partial charge on any atom is -0.326 e. The van der Waals surface area contributed by atoms with Gasteiger partial charge >= 0.3 is 0 Å². The van der Waals surface area contributed by atoms with Crippen molar-refractivity contribution in [2.45, 2.75) is 33.7 Å². The van der Waals surface area contributed by atoms with E-state index in [2.05, 4.69) is 10.4 Å². The molecule has 0 unspecified atom stereocenters. The lowest BCUT2D eigenvalue weighted by atomic mass is 10.1. The predicted molar refractivity (Wildman–Crippen MR) is 81.1 cm³/mol. The summed E-state index contributed by atoms with van der Waals surface area (Å²) in [7, 11) is 0. The first-order valence-electron chi connectivity index (χ1n) is 6.53. The fraction of sp³-hybridized carbons (Fsp3) is 0.333. The van der Waals surface area contributed by atoms with Crippen LogP contribution in [0.2, 0.25) is 5.02 Å². The summed E-state index contributed by atoms with van der Waals surface area (Å²) in [5.74, 6) is -0.0200. The fourth-order valence-corrected chi connectivity index (χ4v) is 2.21. The Hall–Kier alpha value is -1.81. The number of halogens is 1. The third kappa shape index (κ3) is 3.20. The van der Waals surface area contributed by atoms with E-state index in [0.29, 0.717) is 18.0 Å². The summed E-state index contributed by atoms with van der Waals surface area (Å²) in [6.07, 6.45) is 1.97. The molecule has 0 fully saturated rings. The molecule has 0 bridgehead atoms. The van der Waals surface area contributed by atoms with Crippen LogP contribution in [0.25, 0.3) is 0 Å². The van der Waals surface area contributed by atoms with Gasteiger partial charge in [-0.05, 0) is 31.9 Å². The van der Waals surface area contributed by atoms with E-state index in [9.17, 15) is 4.79 Å². The number of aromatic nitrogens is 2. The average Bonchev–Trinajstić information content (AvgIpc) is 2.72. The van der Waals surface area contributed by atoms with Crippen LogP contribution in [0.3, 0.4) is 0 Å². The molecule has 0 aliphatic heterocycles. The monoisotopic (exact) mass is 291 g/mol. The minimum absolute atomic E-state index is 0.0200. The molecule has 0 aliphatic rings. The van der Waals surface area contributed by atoms with Crippen LogP contribution in [0, 0.1) is 20.8 Å². The highest BCUT2D eigenvalue weighted by molar-refractivity contribution is 6.31. The van der Waals surface area contributed by atoms with Gasteiger partial charge in [-0.3, -0.25) is 9.48 Å². The van der Waals surface area contributed by atoms with E-state index in [4.69, 9.17) is 11.6 Å². The van der Waals surface area contributed by atoms with Crippen LogP contribution in [0.15, 0.2) is 24.4 Å². The molecule has 1 amide bonds. The van der Waals surface area contributed by atoms with Crippen LogP contribution in [0.1, 0.15) is 23.2 Å². The maximum absolute atomic E-state index is 12.0. The molecule has 2 rings (SSSR count). The third-order valence-electron chi connectivity index (χ3n) is 3.34. The van der Waals surface area contributed by atoms with Crippen molar-refractivity contribution in [3.05, 3.63) is 46.2 Å². The number of nitrogens with one attached hydrogen (secondary N) is 1. The van der Waals surface area contributed by atoms with Gasteiger partial charge in [-0.2, -0.15) is 5.10 Å².